The number of nitrogens with one attached hydrogen (secondary N) is 1. The molecule has 0 aliphatic carbocycles. The van der Waals surface area contributed by atoms with Crippen molar-refractivity contribution in [1.82, 2.24) is 5.32 Å². The van der Waals surface area contributed by atoms with Crippen molar-refractivity contribution in [3.63, 3.8) is 0 Å². The van der Waals surface area contributed by atoms with E-state index in [0.29, 0.717) is 31.5 Å². The number of alkyl halides is 3. The molecule has 2 unspecified atom stereocenters. The van der Waals surface area contributed by atoms with Gasteiger partial charge in [-0.2, -0.15) is 13.2 Å². The van der Waals surface area contributed by atoms with Crippen molar-refractivity contribution < 1.29 is 27.4 Å². The first-order valence-corrected chi connectivity index (χ1v) is 9.27. The molecule has 0 amide bonds. The van der Waals surface area contributed by atoms with E-state index in [9.17, 15) is 18.0 Å². The van der Waals surface area contributed by atoms with Gasteiger partial charge in [-0.3, -0.25) is 4.79 Å². The van der Waals surface area contributed by atoms with Gasteiger partial charge in [0.05, 0.1) is 23.7 Å². The first kappa shape index (κ1) is 20.1. The lowest BCUT2D eigenvalue weighted by Crippen LogP contribution is -2.50. The maximum Gasteiger partial charge on any atom is 0.416 e. The molecule has 1 aromatic rings. The van der Waals surface area contributed by atoms with Crippen LogP contribution in [0.1, 0.15) is 50.7 Å². The molecular weight excluding hydrogens is 359 g/mol. The van der Waals surface area contributed by atoms with Gasteiger partial charge in [-0.05, 0) is 58.3 Å². The Bertz CT molecular complexity index is 690. The molecule has 1 spiro atoms. The number of carbonyl (C=O) groups is 1. The van der Waals surface area contributed by atoms with Crippen LogP contribution in [0.5, 0.6) is 0 Å². The third kappa shape index (κ3) is 4.29. The molecular formula is C20H26F3NO3. The van der Waals surface area contributed by atoms with Crippen LogP contribution < -0.4 is 5.32 Å². The van der Waals surface area contributed by atoms with Crippen LogP contribution in [-0.4, -0.2) is 36.9 Å². The van der Waals surface area contributed by atoms with Crippen molar-refractivity contribution in [3.05, 3.63) is 35.4 Å². The predicted molar refractivity (Wildman–Crippen MR) is 94.3 cm³/mol. The van der Waals surface area contributed by atoms with Gasteiger partial charge in [-0.15, -0.1) is 0 Å². The molecule has 2 fully saturated rings. The third-order valence-corrected chi connectivity index (χ3v) is 5.27. The average molecular weight is 385 g/mol. The minimum absolute atomic E-state index is 0.214. The quantitative estimate of drug-likeness (QED) is 0.785. The molecule has 2 saturated heterocycles. The maximum absolute atomic E-state index is 13.1. The average Bonchev–Trinajstić information content (AvgIpc) is 2.92. The monoisotopic (exact) mass is 385 g/mol. The van der Waals surface area contributed by atoms with E-state index in [1.807, 2.05) is 0 Å². The van der Waals surface area contributed by atoms with Gasteiger partial charge in [0.15, 0.2) is 0 Å². The van der Waals surface area contributed by atoms with Crippen LogP contribution in [0.15, 0.2) is 24.3 Å². The van der Waals surface area contributed by atoms with E-state index in [4.69, 9.17) is 9.47 Å². The summed E-state index contributed by atoms with van der Waals surface area (Å²) in [6, 6.07) is 5.20. The van der Waals surface area contributed by atoms with E-state index in [1.165, 1.54) is 6.07 Å². The lowest BCUT2D eigenvalue weighted by molar-refractivity contribution is -0.168. The molecule has 0 radical (unpaired) electrons. The zero-order valence-corrected chi connectivity index (χ0v) is 15.9. The lowest BCUT2D eigenvalue weighted by Gasteiger charge is -2.39. The highest BCUT2D eigenvalue weighted by Gasteiger charge is 2.55. The van der Waals surface area contributed by atoms with E-state index in [-0.39, 0.29) is 6.61 Å². The number of hydrogen-bond donors (Lipinski definition) is 1. The molecule has 4 nitrogen and oxygen atoms in total. The molecule has 1 N–H and O–H groups in total. The van der Waals surface area contributed by atoms with Crippen molar-refractivity contribution >= 4 is 5.97 Å². The molecule has 0 saturated carbocycles. The van der Waals surface area contributed by atoms with E-state index in [1.54, 1.807) is 26.8 Å². The Morgan fingerprint density at radius 1 is 1.22 bits per heavy atom. The fourth-order valence-corrected chi connectivity index (χ4v) is 4.09. The van der Waals surface area contributed by atoms with Crippen molar-refractivity contribution in [3.8, 4) is 0 Å². The fraction of sp³-hybridized carbons (Fsp3) is 0.650. The summed E-state index contributed by atoms with van der Waals surface area (Å²) in [6.45, 7) is 6.98. The second-order valence-electron chi connectivity index (χ2n) is 8.37. The van der Waals surface area contributed by atoms with Gasteiger partial charge >= 0.3 is 12.1 Å². The Kier molecular flexibility index (Phi) is 5.29. The normalized spacial score (nSPS) is 25.6. The summed E-state index contributed by atoms with van der Waals surface area (Å²) in [5.41, 5.74) is -1.61. The van der Waals surface area contributed by atoms with Gasteiger partial charge in [-0.1, -0.05) is 18.2 Å². The molecule has 150 valence electrons. The second-order valence-corrected chi connectivity index (χ2v) is 8.37. The van der Waals surface area contributed by atoms with Crippen LogP contribution in [-0.2, 0) is 20.4 Å². The van der Waals surface area contributed by atoms with E-state index in [2.05, 4.69) is 5.32 Å². The molecule has 2 aliphatic heterocycles. The van der Waals surface area contributed by atoms with Gasteiger partial charge in [0.1, 0.15) is 5.60 Å². The molecule has 0 bridgehead atoms. The van der Waals surface area contributed by atoms with Crippen LogP contribution in [0.3, 0.4) is 0 Å². The number of benzene rings is 1. The summed E-state index contributed by atoms with van der Waals surface area (Å²) in [5.74, 6) is -1.48. The molecule has 2 aliphatic rings. The highest BCUT2D eigenvalue weighted by molar-refractivity contribution is 5.76. The highest BCUT2D eigenvalue weighted by atomic mass is 19.4. The van der Waals surface area contributed by atoms with Crippen LogP contribution in [0.4, 0.5) is 13.2 Å². The van der Waals surface area contributed by atoms with Crippen molar-refractivity contribution in [2.75, 3.05) is 19.7 Å². The van der Waals surface area contributed by atoms with Crippen LogP contribution in [0.25, 0.3) is 0 Å². The summed E-state index contributed by atoms with van der Waals surface area (Å²) in [7, 11) is 0. The Balaban J connectivity index is 1.97. The number of rotatable bonds is 2. The van der Waals surface area contributed by atoms with Crippen molar-refractivity contribution in [2.45, 2.75) is 56.9 Å². The van der Waals surface area contributed by atoms with Gasteiger partial charge in [0.2, 0.25) is 0 Å². The van der Waals surface area contributed by atoms with Gasteiger partial charge < -0.3 is 14.8 Å². The second kappa shape index (κ2) is 7.09. The minimum Gasteiger partial charge on any atom is -0.460 e. The van der Waals surface area contributed by atoms with Gasteiger partial charge in [-0.25, -0.2) is 0 Å². The van der Waals surface area contributed by atoms with Crippen molar-refractivity contribution in [2.24, 2.45) is 5.92 Å². The number of piperidine rings is 1. The van der Waals surface area contributed by atoms with E-state index < -0.39 is 40.7 Å². The SMILES string of the molecule is CC(C)(C)OC(=O)C1C(c2cccc(C(F)(F)F)c2)COC12CCNCC2. The summed E-state index contributed by atoms with van der Waals surface area (Å²) >= 11 is 0. The standard InChI is InChI=1S/C20H26F3NO3/c1-18(2,3)27-17(25)16-15(12-26-19(16)7-9-24-10-8-19)13-5-4-6-14(11-13)20(21,22)23/h4-6,11,15-16,24H,7-10,12H2,1-3H3. The summed E-state index contributed by atoms with van der Waals surface area (Å²) in [6.07, 6.45) is -3.16. The smallest absolute Gasteiger partial charge is 0.416 e. The first-order valence-electron chi connectivity index (χ1n) is 9.27. The summed E-state index contributed by atoms with van der Waals surface area (Å²) in [5, 5.41) is 3.25. The third-order valence-electron chi connectivity index (χ3n) is 5.27. The first-order chi connectivity index (χ1) is 12.5. The molecule has 7 heteroatoms. The Labute approximate surface area is 157 Å². The summed E-state index contributed by atoms with van der Waals surface area (Å²) in [4.78, 5) is 13.1. The number of hydrogen-bond acceptors (Lipinski definition) is 4. The van der Waals surface area contributed by atoms with Crippen LogP contribution in [0, 0.1) is 5.92 Å². The topological polar surface area (TPSA) is 47.6 Å². The number of halogens is 3. The van der Waals surface area contributed by atoms with E-state index in [0.717, 1.165) is 12.1 Å². The molecule has 27 heavy (non-hydrogen) atoms. The maximum atomic E-state index is 13.1. The Morgan fingerprint density at radius 3 is 2.48 bits per heavy atom. The van der Waals surface area contributed by atoms with E-state index >= 15 is 0 Å². The molecule has 2 atom stereocenters. The van der Waals surface area contributed by atoms with Crippen LogP contribution >= 0.6 is 0 Å². The lowest BCUT2D eigenvalue weighted by atomic mass is 9.73. The van der Waals surface area contributed by atoms with Gasteiger partial charge in [0.25, 0.3) is 0 Å². The molecule has 3 rings (SSSR count). The zero-order chi connectivity index (χ0) is 19.9. The number of carbonyl (C=O) groups excluding carboxylic acids is 1. The molecule has 2 heterocycles. The highest BCUT2D eigenvalue weighted by Crippen LogP contribution is 2.48. The largest absolute Gasteiger partial charge is 0.460 e. The summed E-state index contributed by atoms with van der Waals surface area (Å²) < 4.78 is 51.2. The predicted octanol–water partition coefficient (Wildman–Crippen LogP) is 3.90. The Hall–Kier alpha value is -1.60. The van der Waals surface area contributed by atoms with Crippen LogP contribution in [0.2, 0.25) is 0 Å². The fourth-order valence-electron chi connectivity index (χ4n) is 4.09. The molecule has 0 aromatic heterocycles. The number of esters is 1. The molecule has 1 aromatic carbocycles. The van der Waals surface area contributed by atoms with Crippen molar-refractivity contribution in [1.29, 1.82) is 0 Å². The zero-order valence-electron chi connectivity index (χ0n) is 15.9. The van der Waals surface area contributed by atoms with Gasteiger partial charge in [0, 0.05) is 5.92 Å². The number of ether oxygens (including phenoxy) is 2. The minimum atomic E-state index is -4.43. The Morgan fingerprint density at radius 2 is 1.89 bits per heavy atom.